The molecule has 0 radical (unpaired) electrons. The zero-order valence-electron chi connectivity index (χ0n) is 37.8. The van der Waals surface area contributed by atoms with Crippen molar-refractivity contribution in [3.8, 4) is 0 Å². The molecule has 3 unspecified atom stereocenters. The summed E-state index contributed by atoms with van der Waals surface area (Å²) >= 11 is 0. The van der Waals surface area contributed by atoms with Gasteiger partial charge in [-0.05, 0) is 51.4 Å². The van der Waals surface area contributed by atoms with Crippen LogP contribution < -0.4 is 5.32 Å². The first-order valence-electron chi connectivity index (χ1n) is 24.9. The van der Waals surface area contributed by atoms with Crippen LogP contribution in [0.25, 0.3) is 0 Å². The van der Waals surface area contributed by atoms with E-state index in [1.807, 2.05) is 0 Å². The van der Waals surface area contributed by atoms with Crippen LogP contribution in [0, 0.1) is 0 Å². The number of aliphatic hydroxyl groups is 2. The predicted molar refractivity (Wildman–Crippen MR) is 241 cm³/mol. The molecule has 0 aliphatic rings. The Balaban J connectivity index is 4.57. The molecule has 332 valence electrons. The fourth-order valence-electron chi connectivity index (χ4n) is 7.78. The molecule has 1 amide bonds. The lowest BCUT2D eigenvalue weighted by atomic mass is 10.0. The SMILES string of the molecule is CCCCCCCCC/C=C/CCCCCC(CC(=O)NC(CO)C(O)CCCCCCCCCCCCCC)OC(=O)CCCCCCCCCCCCC. The average Bonchev–Trinajstić information content (AvgIpc) is 3.19. The summed E-state index contributed by atoms with van der Waals surface area (Å²) in [5.41, 5.74) is 0. The van der Waals surface area contributed by atoms with E-state index in [2.05, 4.69) is 38.2 Å². The van der Waals surface area contributed by atoms with Crippen molar-refractivity contribution in [1.82, 2.24) is 5.32 Å². The summed E-state index contributed by atoms with van der Waals surface area (Å²) in [5.74, 6) is -0.476. The largest absolute Gasteiger partial charge is 0.462 e. The fraction of sp³-hybridized carbons (Fsp3) is 0.920. The minimum atomic E-state index is -0.784. The van der Waals surface area contributed by atoms with E-state index in [1.54, 1.807) is 0 Å². The molecule has 0 aliphatic heterocycles. The summed E-state index contributed by atoms with van der Waals surface area (Å²) in [6, 6.07) is -0.698. The molecule has 0 spiro atoms. The summed E-state index contributed by atoms with van der Waals surface area (Å²) in [7, 11) is 0. The third-order valence-electron chi connectivity index (χ3n) is 11.6. The van der Waals surface area contributed by atoms with Crippen LogP contribution in [0.1, 0.15) is 271 Å². The number of amides is 1. The molecular formula is C50H97NO5. The van der Waals surface area contributed by atoms with E-state index in [0.29, 0.717) is 19.3 Å². The van der Waals surface area contributed by atoms with E-state index in [1.165, 1.54) is 167 Å². The number of carbonyl (C=O) groups excluding carboxylic acids is 2. The molecule has 0 rings (SSSR count). The summed E-state index contributed by atoms with van der Waals surface area (Å²) < 4.78 is 5.91. The Kier molecular flexibility index (Phi) is 43.6. The minimum Gasteiger partial charge on any atom is -0.462 e. The third-order valence-corrected chi connectivity index (χ3v) is 11.6. The van der Waals surface area contributed by atoms with Gasteiger partial charge in [0.15, 0.2) is 0 Å². The molecule has 6 heteroatoms. The number of allylic oxidation sites excluding steroid dienone is 2. The highest BCUT2D eigenvalue weighted by molar-refractivity contribution is 5.77. The Labute approximate surface area is 349 Å². The maximum Gasteiger partial charge on any atom is 0.306 e. The first-order chi connectivity index (χ1) is 27.5. The number of hydrogen-bond acceptors (Lipinski definition) is 5. The Morgan fingerprint density at radius 1 is 0.500 bits per heavy atom. The Morgan fingerprint density at radius 3 is 1.29 bits per heavy atom. The normalized spacial score (nSPS) is 13.3. The zero-order chi connectivity index (χ0) is 41.0. The van der Waals surface area contributed by atoms with Gasteiger partial charge in [-0.2, -0.15) is 0 Å². The van der Waals surface area contributed by atoms with Gasteiger partial charge in [0.1, 0.15) is 6.10 Å². The van der Waals surface area contributed by atoms with Crippen LogP contribution in [0.4, 0.5) is 0 Å². The summed E-state index contributed by atoms with van der Waals surface area (Å²) in [6.45, 7) is 6.48. The van der Waals surface area contributed by atoms with E-state index in [4.69, 9.17) is 4.74 Å². The van der Waals surface area contributed by atoms with Gasteiger partial charge in [-0.25, -0.2) is 0 Å². The van der Waals surface area contributed by atoms with Crippen molar-refractivity contribution in [1.29, 1.82) is 0 Å². The van der Waals surface area contributed by atoms with E-state index in [-0.39, 0.29) is 24.9 Å². The maximum atomic E-state index is 13.2. The van der Waals surface area contributed by atoms with Crippen LogP contribution in [0.15, 0.2) is 12.2 Å². The second-order valence-electron chi connectivity index (χ2n) is 17.2. The molecule has 0 aromatic carbocycles. The molecule has 0 aromatic rings. The Hall–Kier alpha value is -1.40. The fourth-order valence-corrected chi connectivity index (χ4v) is 7.78. The number of nitrogens with one attached hydrogen (secondary N) is 1. The van der Waals surface area contributed by atoms with Crippen molar-refractivity contribution >= 4 is 11.9 Å². The van der Waals surface area contributed by atoms with Crippen molar-refractivity contribution < 1.29 is 24.5 Å². The quantitative estimate of drug-likeness (QED) is 0.0324. The number of aliphatic hydroxyl groups excluding tert-OH is 2. The highest BCUT2D eigenvalue weighted by atomic mass is 16.5. The van der Waals surface area contributed by atoms with Crippen LogP contribution in [-0.4, -0.2) is 46.9 Å². The number of rotatable bonds is 45. The standard InChI is InChI=1S/C50H97NO5/c1-4-7-10-13-16-19-22-24-25-27-29-32-35-38-41-46(56-50(55)43-40-37-34-31-26-21-18-15-12-9-6-3)44-49(54)51-47(45-52)48(53)42-39-36-33-30-28-23-20-17-14-11-8-5-2/h25,27,46-48,52-53H,4-24,26,28-45H2,1-3H3,(H,51,54)/b27-25+. The monoisotopic (exact) mass is 792 g/mol. The van der Waals surface area contributed by atoms with Gasteiger partial charge in [0, 0.05) is 6.42 Å². The molecule has 56 heavy (non-hydrogen) atoms. The molecule has 0 aliphatic carbocycles. The molecule has 0 fully saturated rings. The number of unbranched alkanes of at least 4 members (excludes halogenated alkanes) is 31. The van der Waals surface area contributed by atoms with Crippen LogP contribution in [0.3, 0.4) is 0 Å². The second-order valence-corrected chi connectivity index (χ2v) is 17.2. The summed E-state index contributed by atoms with van der Waals surface area (Å²) in [4.78, 5) is 26.0. The topological polar surface area (TPSA) is 95.9 Å². The number of carbonyl (C=O) groups is 2. The average molecular weight is 792 g/mol. The van der Waals surface area contributed by atoms with Gasteiger partial charge < -0.3 is 20.3 Å². The van der Waals surface area contributed by atoms with Crippen LogP contribution in [0.2, 0.25) is 0 Å². The van der Waals surface area contributed by atoms with E-state index in [0.717, 1.165) is 57.8 Å². The summed E-state index contributed by atoms with van der Waals surface area (Å²) in [6.07, 6.45) is 48.4. The molecular weight excluding hydrogens is 695 g/mol. The number of esters is 1. The predicted octanol–water partition coefficient (Wildman–Crippen LogP) is 14.6. The molecule has 0 heterocycles. The van der Waals surface area contributed by atoms with Gasteiger partial charge in [0.2, 0.25) is 5.91 Å². The van der Waals surface area contributed by atoms with Gasteiger partial charge in [0.25, 0.3) is 0 Å². The molecule has 0 aromatic heterocycles. The van der Waals surface area contributed by atoms with Crippen LogP contribution in [-0.2, 0) is 14.3 Å². The smallest absolute Gasteiger partial charge is 0.306 e. The molecule has 3 atom stereocenters. The number of hydrogen-bond donors (Lipinski definition) is 3. The van der Waals surface area contributed by atoms with Crippen molar-refractivity contribution in [2.24, 2.45) is 0 Å². The van der Waals surface area contributed by atoms with Crippen molar-refractivity contribution in [3.05, 3.63) is 12.2 Å². The van der Waals surface area contributed by atoms with Crippen molar-refractivity contribution in [2.45, 2.75) is 289 Å². The van der Waals surface area contributed by atoms with Crippen molar-refractivity contribution in [2.75, 3.05) is 6.61 Å². The highest BCUT2D eigenvalue weighted by Gasteiger charge is 2.24. The first kappa shape index (κ1) is 54.6. The lowest BCUT2D eigenvalue weighted by molar-refractivity contribution is -0.151. The molecule has 6 nitrogen and oxygen atoms in total. The van der Waals surface area contributed by atoms with E-state index >= 15 is 0 Å². The minimum absolute atomic E-state index is 0.0736. The Bertz CT molecular complexity index is 847. The van der Waals surface area contributed by atoms with E-state index < -0.39 is 18.2 Å². The van der Waals surface area contributed by atoms with Gasteiger partial charge in [-0.1, -0.05) is 219 Å². The first-order valence-corrected chi connectivity index (χ1v) is 24.9. The van der Waals surface area contributed by atoms with Crippen molar-refractivity contribution in [3.63, 3.8) is 0 Å². The van der Waals surface area contributed by atoms with Gasteiger partial charge in [0.05, 0.1) is 25.2 Å². The number of ether oxygens (including phenoxy) is 1. The lowest BCUT2D eigenvalue weighted by Gasteiger charge is -2.24. The van der Waals surface area contributed by atoms with Gasteiger partial charge >= 0.3 is 5.97 Å². The second kappa shape index (κ2) is 44.7. The lowest BCUT2D eigenvalue weighted by Crippen LogP contribution is -2.46. The maximum absolute atomic E-state index is 13.2. The summed E-state index contributed by atoms with van der Waals surface area (Å²) in [5, 5.41) is 23.7. The van der Waals surface area contributed by atoms with Gasteiger partial charge in [-0.3, -0.25) is 9.59 Å². The highest BCUT2D eigenvalue weighted by Crippen LogP contribution is 2.18. The van der Waals surface area contributed by atoms with E-state index in [9.17, 15) is 19.8 Å². The van der Waals surface area contributed by atoms with Crippen LogP contribution in [0.5, 0.6) is 0 Å². The third kappa shape index (κ3) is 39.4. The van der Waals surface area contributed by atoms with Crippen LogP contribution >= 0.6 is 0 Å². The molecule has 0 saturated heterocycles. The molecule has 0 bridgehead atoms. The Morgan fingerprint density at radius 2 is 0.857 bits per heavy atom. The van der Waals surface area contributed by atoms with Gasteiger partial charge in [-0.15, -0.1) is 0 Å². The molecule has 3 N–H and O–H groups in total. The zero-order valence-corrected chi connectivity index (χ0v) is 37.8. The molecule has 0 saturated carbocycles.